The van der Waals surface area contributed by atoms with Crippen molar-refractivity contribution in [1.82, 2.24) is 0 Å². The summed E-state index contributed by atoms with van der Waals surface area (Å²) in [5, 5.41) is 0. The lowest BCUT2D eigenvalue weighted by molar-refractivity contribution is 0.0599. The van der Waals surface area contributed by atoms with Crippen molar-refractivity contribution in [1.29, 1.82) is 0 Å². The predicted molar refractivity (Wildman–Crippen MR) is 87.4 cm³/mol. The fourth-order valence-electron chi connectivity index (χ4n) is 1.84. The van der Waals surface area contributed by atoms with Gasteiger partial charge in [-0.25, -0.2) is 17.6 Å². The molecule has 0 aliphatic heterocycles. The summed E-state index contributed by atoms with van der Waals surface area (Å²) in [4.78, 5) is 11.6. The van der Waals surface area contributed by atoms with Crippen molar-refractivity contribution in [2.75, 3.05) is 11.8 Å². The first kappa shape index (κ1) is 17.4. The van der Waals surface area contributed by atoms with Crippen LogP contribution in [0.4, 0.5) is 10.1 Å². The summed E-state index contributed by atoms with van der Waals surface area (Å²) in [5.41, 5.74) is 0.698. The normalized spacial score (nSPS) is 11.1. The molecule has 0 atom stereocenters. The molecule has 0 unspecified atom stereocenters. The first-order valence-electron chi connectivity index (χ1n) is 6.41. The molecular formula is C15H13BrFNO4S. The molecule has 0 bridgehead atoms. The van der Waals surface area contributed by atoms with Crippen LogP contribution in [-0.2, 0) is 14.8 Å². The van der Waals surface area contributed by atoms with E-state index in [0.717, 1.165) is 24.8 Å². The second-order valence-electron chi connectivity index (χ2n) is 4.73. The van der Waals surface area contributed by atoms with E-state index in [1.807, 2.05) is 6.92 Å². The Morgan fingerprint density at radius 3 is 2.39 bits per heavy atom. The quantitative estimate of drug-likeness (QED) is 0.795. The molecule has 0 heterocycles. The van der Waals surface area contributed by atoms with Gasteiger partial charge >= 0.3 is 5.97 Å². The minimum Gasteiger partial charge on any atom is -0.465 e. The lowest BCUT2D eigenvalue weighted by Crippen LogP contribution is -2.15. The highest BCUT2D eigenvalue weighted by atomic mass is 79.9. The van der Waals surface area contributed by atoms with Crippen molar-refractivity contribution < 1.29 is 22.3 Å². The molecule has 0 fully saturated rings. The van der Waals surface area contributed by atoms with Crippen LogP contribution >= 0.6 is 15.9 Å². The van der Waals surface area contributed by atoms with E-state index >= 15 is 0 Å². The molecule has 8 heteroatoms. The molecule has 0 aliphatic carbocycles. The van der Waals surface area contributed by atoms with E-state index in [4.69, 9.17) is 0 Å². The maximum absolute atomic E-state index is 13.7. The van der Waals surface area contributed by atoms with Gasteiger partial charge in [0.1, 0.15) is 5.82 Å². The number of methoxy groups -OCH3 is 1. The molecule has 0 saturated carbocycles. The fourth-order valence-corrected chi connectivity index (χ4v) is 3.53. The highest BCUT2D eigenvalue weighted by Gasteiger charge is 2.20. The molecule has 1 N–H and O–H groups in total. The largest absolute Gasteiger partial charge is 0.465 e. The molecule has 2 aromatic rings. The first-order chi connectivity index (χ1) is 10.7. The van der Waals surface area contributed by atoms with Crippen LogP contribution in [0.2, 0.25) is 0 Å². The van der Waals surface area contributed by atoms with E-state index in [1.165, 1.54) is 12.1 Å². The smallest absolute Gasteiger partial charge is 0.339 e. The highest BCUT2D eigenvalue weighted by Crippen LogP contribution is 2.30. The van der Waals surface area contributed by atoms with E-state index in [0.29, 0.717) is 0 Å². The topological polar surface area (TPSA) is 72.5 Å². The van der Waals surface area contributed by atoms with Gasteiger partial charge in [0.05, 0.1) is 27.7 Å². The number of hydrogen-bond donors (Lipinski definition) is 1. The number of benzene rings is 2. The van der Waals surface area contributed by atoms with Crippen LogP contribution in [0.1, 0.15) is 15.9 Å². The van der Waals surface area contributed by atoms with Crippen LogP contribution in [0.25, 0.3) is 0 Å². The van der Waals surface area contributed by atoms with Crippen LogP contribution in [-0.4, -0.2) is 21.5 Å². The van der Waals surface area contributed by atoms with Gasteiger partial charge in [-0.3, -0.25) is 4.72 Å². The van der Waals surface area contributed by atoms with Crippen LogP contribution < -0.4 is 4.72 Å². The Hall–Kier alpha value is -1.93. The second kappa shape index (κ2) is 6.67. The first-order valence-corrected chi connectivity index (χ1v) is 8.69. The molecule has 23 heavy (non-hydrogen) atoms. The Morgan fingerprint density at radius 2 is 1.83 bits per heavy atom. The Kier molecular flexibility index (Phi) is 5.06. The fraction of sp³-hybridized carbons (Fsp3) is 0.133. The van der Waals surface area contributed by atoms with Gasteiger partial charge in [-0.05, 0) is 47.1 Å². The molecular weight excluding hydrogens is 389 g/mol. The van der Waals surface area contributed by atoms with Crippen molar-refractivity contribution in [2.24, 2.45) is 0 Å². The van der Waals surface area contributed by atoms with Gasteiger partial charge in [0.25, 0.3) is 10.0 Å². The SMILES string of the molecule is COC(=O)c1cc(F)cc(NS(=O)(=O)c2ccc(C)cc2)c1Br. The number of ether oxygens (including phenoxy) is 1. The van der Waals surface area contributed by atoms with Gasteiger partial charge in [0, 0.05) is 0 Å². The third-order valence-electron chi connectivity index (χ3n) is 3.02. The molecule has 122 valence electrons. The Labute approximate surface area is 141 Å². The van der Waals surface area contributed by atoms with Crippen molar-refractivity contribution >= 4 is 37.6 Å². The number of hydrogen-bond acceptors (Lipinski definition) is 4. The number of carbonyl (C=O) groups excluding carboxylic acids is 1. The van der Waals surface area contributed by atoms with Gasteiger partial charge in [0.2, 0.25) is 0 Å². The highest BCUT2D eigenvalue weighted by molar-refractivity contribution is 9.10. The summed E-state index contributed by atoms with van der Waals surface area (Å²) in [6.45, 7) is 1.83. The Morgan fingerprint density at radius 1 is 1.22 bits per heavy atom. The monoisotopic (exact) mass is 401 g/mol. The van der Waals surface area contributed by atoms with Crippen molar-refractivity contribution in [3.63, 3.8) is 0 Å². The zero-order valence-corrected chi connectivity index (χ0v) is 14.7. The van der Waals surface area contributed by atoms with E-state index in [1.54, 1.807) is 12.1 Å². The standard InChI is InChI=1S/C15H13BrFNO4S/c1-9-3-5-11(6-4-9)23(20,21)18-13-8-10(17)7-12(14(13)16)15(19)22-2/h3-8,18H,1-2H3. The lowest BCUT2D eigenvalue weighted by Gasteiger charge is -2.12. The molecule has 0 spiro atoms. The van der Waals surface area contributed by atoms with Gasteiger partial charge in [-0.1, -0.05) is 17.7 Å². The summed E-state index contributed by atoms with van der Waals surface area (Å²) < 4.78 is 45.3. The Bertz CT molecular complexity index is 851. The predicted octanol–water partition coefficient (Wildman–Crippen LogP) is 3.48. The van der Waals surface area contributed by atoms with Crippen molar-refractivity contribution in [2.45, 2.75) is 11.8 Å². The summed E-state index contributed by atoms with van der Waals surface area (Å²) in [6, 6.07) is 8.10. The average Bonchev–Trinajstić information content (AvgIpc) is 2.50. The zero-order chi connectivity index (χ0) is 17.2. The molecule has 2 aromatic carbocycles. The zero-order valence-electron chi connectivity index (χ0n) is 12.3. The van der Waals surface area contributed by atoms with Crippen LogP contribution in [0.15, 0.2) is 45.8 Å². The molecule has 0 aliphatic rings. The molecule has 0 radical (unpaired) electrons. The number of nitrogens with one attached hydrogen (secondary N) is 1. The number of halogens is 2. The summed E-state index contributed by atoms with van der Waals surface area (Å²) >= 11 is 3.10. The molecule has 0 amide bonds. The van der Waals surface area contributed by atoms with Crippen LogP contribution in [0, 0.1) is 12.7 Å². The number of esters is 1. The summed E-state index contributed by atoms with van der Waals surface area (Å²) in [5.74, 6) is -1.55. The van der Waals surface area contributed by atoms with E-state index < -0.39 is 21.8 Å². The van der Waals surface area contributed by atoms with E-state index in [2.05, 4.69) is 25.4 Å². The van der Waals surface area contributed by atoms with Crippen molar-refractivity contribution in [3.05, 3.63) is 57.8 Å². The number of aryl methyl sites for hydroxylation is 1. The van der Waals surface area contributed by atoms with Gasteiger partial charge < -0.3 is 4.74 Å². The lowest BCUT2D eigenvalue weighted by atomic mass is 10.2. The second-order valence-corrected chi connectivity index (χ2v) is 7.20. The minimum absolute atomic E-state index is 0.0267. The van der Waals surface area contributed by atoms with Crippen LogP contribution in [0.3, 0.4) is 0 Å². The van der Waals surface area contributed by atoms with Gasteiger partial charge in [0.15, 0.2) is 0 Å². The third kappa shape index (κ3) is 3.89. The number of rotatable bonds is 4. The maximum atomic E-state index is 13.7. The average molecular weight is 402 g/mol. The number of carbonyl (C=O) groups is 1. The van der Waals surface area contributed by atoms with Gasteiger partial charge in [-0.2, -0.15) is 0 Å². The van der Waals surface area contributed by atoms with E-state index in [-0.39, 0.29) is 20.6 Å². The number of sulfonamides is 1. The summed E-state index contributed by atoms with van der Waals surface area (Å²) in [6.07, 6.45) is 0. The maximum Gasteiger partial charge on any atom is 0.339 e. The molecule has 5 nitrogen and oxygen atoms in total. The third-order valence-corrected chi connectivity index (χ3v) is 5.25. The number of anilines is 1. The van der Waals surface area contributed by atoms with Crippen molar-refractivity contribution in [3.8, 4) is 0 Å². The minimum atomic E-state index is -3.92. The summed E-state index contributed by atoms with van der Waals surface area (Å²) in [7, 11) is -2.77. The van der Waals surface area contributed by atoms with Crippen LogP contribution in [0.5, 0.6) is 0 Å². The molecule has 2 rings (SSSR count). The molecule has 0 saturated heterocycles. The van der Waals surface area contributed by atoms with Gasteiger partial charge in [-0.15, -0.1) is 0 Å². The molecule has 0 aromatic heterocycles. The Balaban J connectivity index is 2.45. The van der Waals surface area contributed by atoms with E-state index in [9.17, 15) is 17.6 Å².